The topological polar surface area (TPSA) is 89.6 Å². The predicted molar refractivity (Wildman–Crippen MR) is 114 cm³/mol. The molecule has 29 heavy (non-hydrogen) atoms. The SMILES string of the molecule is COc1cc(Br)c(Cl)cc1-n1c2c(ccc1=O)CN(S(=O)Nc1ccon1)CC2. The van der Waals surface area contributed by atoms with E-state index in [4.69, 9.17) is 20.9 Å². The van der Waals surface area contributed by atoms with E-state index in [9.17, 15) is 9.00 Å². The quantitative estimate of drug-likeness (QED) is 0.582. The lowest BCUT2D eigenvalue weighted by atomic mass is 10.1. The Morgan fingerprint density at radius 1 is 1.34 bits per heavy atom. The minimum absolute atomic E-state index is 0.185. The van der Waals surface area contributed by atoms with Crippen molar-refractivity contribution in [2.24, 2.45) is 0 Å². The van der Waals surface area contributed by atoms with Gasteiger partial charge in [0.2, 0.25) is 0 Å². The zero-order chi connectivity index (χ0) is 20.5. The summed E-state index contributed by atoms with van der Waals surface area (Å²) in [6.07, 6.45) is 1.93. The highest BCUT2D eigenvalue weighted by molar-refractivity contribution is 9.10. The number of benzene rings is 1. The Bertz CT molecular complexity index is 1140. The second-order valence-electron chi connectivity index (χ2n) is 6.27. The summed E-state index contributed by atoms with van der Waals surface area (Å²) in [5, 5.41) is 4.19. The molecule has 0 saturated heterocycles. The van der Waals surface area contributed by atoms with Crippen molar-refractivity contribution in [2.75, 3.05) is 18.4 Å². The molecule has 3 aromatic rings. The van der Waals surface area contributed by atoms with E-state index in [1.807, 2.05) is 0 Å². The zero-order valence-electron chi connectivity index (χ0n) is 15.2. The highest BCUT2D eigenvalue weighted by atomic mass is 79.9. The summed E-state index contributed by atoms with van der Waals surface area (Å²) in [7, 11) is 1.54. The van der Waals surface area contributed by atoms with Gasteiger partial charge in [0.1, 0.15) is 12.0 Å². The highest BCUT2D eigenvalue weighted by Gasteiger charge is 2.25. The largest absolute Gasteiger partial charge is 0.495 e. The van der Waals surface area contributed by atoms with E-state index in [1.165, 1.54) is 12.3 Å². The van der Waals surface area contributed by atoms with Crippen molar-refractivity contribution in [3.05, 3.63) is 67.7 Å². The number of halogens is 2. The van der Waals surface area contributed by atoms with Crippen LogP contribution >= 0.6 is 27.5 Å². The summed E-state index contributed by atoms with van der Waals surface area (Å²) < 4.78 is 29.7. The number of fused-ring (bicyclic) bond motifs is 1. The van der Waals surface area contributed by atoms with Gasteiger partial charge in [0.05, 0.1) is 17.8 Å². The van der Waals surface area contributed by atoms with Crippen LogP contribution in [0.3, 0.4) is 0 Å². The van der Waals surface area contributed by atoms with Crippen LogP contribution in [0.1, 0.15) is 11.3 Å². The average molecular weight is 500 g/mol. The molecule has 0 bridgehead atoms. The fourth-order valence-corrected chi connectivity index (χ4v) is 4.62. The van der Waals surface area contributed by atoms with E-state index >= 15 is 0 Å². The first-order valence-electron chi connectivity index (χ1n) is 8.59. The van der Waals surface area contributed by atoms with Crippen molar-refractivity contribution in [2.45, 2.75) is 13.0 Å². The molecule has 1 aromatic carbocycles. The van der Waals surface area contributed by atoms with Gasteiger partial charge in [0.15, 0.2) is 17.0 Å². The lowest BCUT2D eigenvalue weighted by Gasteiger charge is -2.29. The zero-order valence-corrected chi connectivity index (χ0v) is 18.4. The van der Waals surface area contributed by atoms with Crippen molar-refractivity contribution in [1.82, 2.24) is 14.0 Å². The number of anilines is 1. The number of rotatable bonds is 5. The first kappa shape index (κ1) is 20.1. The molecule has 0 saturated carbocycles. The van der Waals surface area contributed by atoms with Gasteiger partial charge < -0.3 is 9.26 Å². The Morgan fingerprint density at radius 2 is 2.17 bits per heavy atom. The molecule has 0 amide bonds. The van der Waals surface area contributed by atoms with Crippen molar-refractivity contribution >= 4 is 44.5 Å². The van der Waals surface area contributed by atoms with E-state index in [0.29, 0.717) is 46.3 Å². The number of hydrogen-bond donors (Lipinski definition) is 1. The number of nitrogens with zero attached hydrogens (tertiary/aromatic N) is 3. The summed E-state index contributed by atoms with van der Waals surface area (Å²) in [6.45, 7) is 0.889. The molecule has 152 valence electrons. The number of pyridine rings is 1. The first-order valence-corrected chi connectivity index (χ1v) is 10.9. The maximum absolute atomic E-state index is 12.7. The summed E-state index contributed by atoms with van der Waals surface area (Å²) >= 11 is 8.16. The van der Waals surface area contributed by atoms with Gasteiger partial charge in [0, 0.05) is 41.8 Å². The summed E-state index contributed by atoms with van der Waals surface area (Å²) in [5.41, 5.74) is 2.12. The molecule has 1 unspecified atom stereocenters. The molecule has 1 N–H and O–H groups in total. The molecule has 2 aromatic heterocycles. The van der Waals surface area contributed by atoms with E-state index < -0.39 is 11.2 Å². The van der Waals surface area contributed by atoms with Crippen LogP contribution in [-0.4, -0.2) is 31.9 Å². The Hall–Kier alpha value is -2.14. The number of ether oxygens (including phenoxy) is 1. The Balaban J connectivity index is 1.70. The van der Waals surface area contributed by atoms with Crippen LogP contribution in [0.5, 0.6) is 5.75 Å². The second-order valence-corrected chi connectivity index (χ2v) is 8.75. The second kappa shape index (κ2) is 8.31. The van der Waals surface area contributed by atoms with Gasteiger partial charge in [-0.15, -0.1) is 0 Å². The lowest BCUT2D eigenvalue weighted by Crippen LogP contribution is -2.38. The fraction of sp³-hybridized carbons (Fsp3) is 0.222. The summed E-state index contributed by atoms with van der Waals surface area (Å²) in [6, 6.07) is 8.28. The van der Waals surface area contributed by atoms with Crippen LogP contribution in [0.2, 0.25) is 5.02 Å². The van der Waals surface area contributed by atoms with Gasteiger partial charge in [-0.25, -0.2) is 8.51 Å². The first-order chi connectivity index (χ1) is 14.0. The molecule has 0 aliphatic carbocycles. The van der Waals surface area contributed by atoms with E-state index in [2.05, 4.69) is 25.8 Å². The molecule has 0 spiro atoms. The van der Waals surface area contributed by atoms with E-state index in [-0.39, 0.29) is 5.56 Å². The molecule has 3 heterocycles. The van der Waals surface area contributed by atoms with Crippen LogP contribution in [-0.2, 0) is 24.1 Å². The molecule has 1 aliphatic rings. The molecule has 8 nitrogen and oxygen atoms in total. The fourth-order valence-electron chi connectivity index (χ4n) is 3.22. The lowest BCUT2D eigenvalue weighted by molar-refractivity contribution is 0.403. The molecule has 1 atom stereocenters. The van der Waals surface area contributed by atoms with Gasteiger partial charge in [-0.3, -0.25) is 14.1 Å². The van der Waals surface area contributed by atoms with Gasteiger partial charge in [0.25, 0.3) is 5.56 Å². The molecule has 4 rings (SSSR count). The van der Waals surface area contributed by atoms with Gasteiger partial charge >= 0.3 is 0 Å². The van der Waals surface area contributed by atoms with Gasteiger partial charge in [-0.05, 0) is 33.6 Å². The number of aromatic nitrogens is 2. The third-order valence-electron chi connectivity index (χ3n) is 4.56. The van der Waals surface area contributed by atoms with Crippen molar-refractivity contribution in [3.63, 3.8) is 0 Å². The van der Waals surface area contributed by atoms with Crippen molar-refractivity contribution in [3.8, 4) is 11.4 Å². The molecule has 0 fully saturated rings. The smallest absolute Gasteiger partial charge is 0.255 e. The number of hydrogen-bond acceptors (Lipinski definition) is 5. The standard InChI is InChI=1S/C18H16BrClN4O4S/c1-27-16-8-12(19)13(20)9-15(16)24-14-4-6-23(10-11(14)2-3-18(24)25)29(26)22-17-5-7-28-21-17/h2-3,5,7-9H,4,6,10H2,1H3,(H,21,22). The van der Waals surface area contributed by atoms with Crippen LogP contribution in [0.25, 0.3) is 5.69 Å². The maximum atomic E-state index is 12.7. The normalized spacial score (nSPS) is 15.0. The summed E-state index contributed by atoms with van der Waals surface area (Å²) in [5.74, 6) is 0.920. The van der Waals surface area contributed by atoms with Gasteiger partial charge in [-0.2, -0.15) is 0 Å². The molecule has 1 aliphatic heterocycles. The average Bonchev–Trinajstić information content (AvgIpc) is 3.22. The third kappa shape index (κ3) is 3.97. The minimum Gasteiger partial charge on any atom is -0.495 e. The van der Waals surface area contributed by atoms with Gasteiger partial charge in [-0.1, -0.05) is 22.8 Å². The molecular formula is C18H16BrClN4O4S. The Kier molecular flexibility index (Phi) is 5.77. The van der Waals surface area contributed by atoms with E-state index in [1.54, 1.807) is 40.2 Å². The van der Waals surface area contributed by atoms with Crippen LogP contribution in [0, 0.1) is 0 Å². The van der Waals surface area contributed by atoms with Crippen LogP contribution in [0.4, 0.5) is 5.82 Å². The van der Waals surface area contributed by atoms with Crippen molar-refractivity contribution < 1.29 is 13.5 Å². The van der Waals surface area contributed by atoms with Crippen LogP contribution < -0.4 is 15.0 Å². The monoisotopic (exact) mass is 498 g/mol. The minimum atomic E-state index is -1.49. The number of nitrogens with one attached hydrogen (secondary N) is 1. The third-order valence-corrected chi connectivity index (χ3v) is 6.92. The number of methoxy groups -OCH3 is 1. The maximum Gasteiger partial charge on any atom is 0.255 e. The Labute approximate surface area is 182 Å². The molecule has 11 heteroatoms. The van der Waals surface area contributed by atoms with E-state index in [0.717, 1.165) is 11.3 Å². The predicted octanol–water partition coefficient (Wildman–Crippen LogP) is 3.30. The molecular weight excluding hydrogens is 484 g/mol. The summed E-state index contributed by atoms with van der Waals surface area (Å²) in [4.78, 5) is 12.7. The molecule has 0 radical (unpaired) electrons. The Morgan fingerprint density at radius 3 is 2.90 bits per heavy atom. The van der Waals surface area contributed by atoms with Crippen molar-refractivity contribution in [1.29, 1.82) is 0 Å². The van der Waals surface area contributed by atoms with Crippen LogP contribution in [0.15, 0.2) is 50.4 Å². The highest BCUT2D eigenvalue weighted by Crippen LogP contribution is 2.34.